The molecule has 1 saturated carbocycles. The molecule has 2 saturated heterocycles. The summed E-state index contributed by atoms with van der Waals surface area (Å²) in [5, 5.41) is 3.96. The van der Waals surface area contributed by atoms with Crippen LogP contribution in [-0.2, 0) is 4.74 Å². The smallest absolute Gasteiger partial charge is 0.0594 e. The van der Waals surface area contributed by atoms with E-state index in [1.807, 2.05) is 0 Å². The molecule has 3 rings (SSSR count). The quantitative estimate of drug-likeness (QED) is 0.861. The maximum absolute atomic E-state index is 5.55. The van der Waals surface area contributed by atoms with Gasteiger partial charge in [-0.1, -0.05) is 20.3 Å². The van der Waals surface area contributed by atoms with E-state index in [1.165, 1.54) is 43.7 Å². The van der Waals surface area contributed by atoms with Crippen LogP contribution >= 0.6 is 11.8 Å². The first kappa shape index (κ1) is 15.1. The van der Waals surface area contributed by atoms with Crippen LogP contribution in [0.2, 0.25) is 0 Å². The van der Waals surface area contributed by atoms with Crippen molar-refractivity contribution in [2.45, 2.75) is 51.1 Å². The van der Waals surface area contributed by atoms with Gasteiger partial charge >= 0.3 is 0 Å². The van der Waals surface area contributed by atoms with E-state index >= 15 is 0 Å². The van der Waals surface area contributed by atoms with Crippen LogP contribution < -0.4 is 5.32 Å². The van der Waals surface area contributed by atoms with Gasteiger partial charge in [0.15, 0.2) is 0 Å². The van der Waals surface area contributed by atoms with Gasteiger partial charge in [0.2, 0.25) is 0 Å². The number of nitrogens with zero attached hydrogens (tertiary/aromatic N) is 1. The SMILES string of the molecule is CC1(C)CCCC1NCC1(N2CCOCC2)CCSC1. The van der Waals surface area contributed by atoms with Gasteiger partial charge < -0.3 is 10.1 Å². The van der Waals surface area contributed by atoms with Crippen molar-refractivity contribution in [3.63, 3.8) is 0 Å². The van der Waals surface area contributed by atoms with E-state index in [-0.39, 0.29) is 0 Å². The maximum atomic E-state index is 5.55. The van der Waals surface area contributed by atoms with Gasteiger partial charge in [0.25, 0.3) is 0 Å². The van der Waals surface area contributed by atoms with E-state index in [9.17, 15) is 0 Å². The van der Waals surface area contributed by atoms with Crippen LogP contribution in [0.15, 0.2) is 0 Å². The lowest BCUT2D eigenvalue weighted by Crippen LogP contribution is -2.60. The molecule has 116 valence electrons. The van der Waals surface area contributed by atoms with Crippen molar-refractivity contribution < 1.29 is 4.74 Å². The van der Waals surface area contributed by atoms with E-state index < -0.39 is 0 Å². The first-order chi connectivity index (χ1) is 9.62. The molecular formula is C16H30N2OS. The van der Waals surface area contributed by atoms with E-state index in [0.29, 0.717) is 17.0 Å². The highest BCUT2D eigenvalue weighted by Gasteiger charge is 2.42. The van der Waals surface area contributed by atoms with Gasteiger partial charge in [-0.2, -0.15) is 11.8 Å². The minimum absolute atomic E-state index is 0.396. The molecule has 0 radical (unpaired) electrons. The molecule has 2 aliphatic heterocycles. The standard InChI is InChI=1S/C16H30N2OS/c1-15(2)5-3-4-14(15)17-12-16(6-11-20-13-16)18-7-9-19-10-8-18/h14,17H,3-13H2,1-2H3. The molecule has 0 amide bonds. The Morgan fingerprint density at radius 1 is 1.25 bits per heavy atom. The molecule has 3 fully saturated rings. The molecular weight excluding hydrogens is 268 g/mol. The monoisotopic (exact) mass is 298 g/mol. The van der Waals surface area contributed by atoms with Crippen molar-refractivity contribution in [3.05, 3.63) is 0 Å². The molecule has 3 aliphatic rings. The predicted octanol–water partition coefficient (Wildman–Crippen LogP) is 2.36. The Kier molecular flexibility index (Phi) is 4.66. The zero-order valence-electron chi connectivity index (χ0n) is 13.1. The van der Waals surface area contributed by atoms with Gasteiger partial charge in [-0.05, 0) is 30.4 Å². The molecule has 2 unspecified atom stereocenters. The van der Waals surface area contributed by atoms with Crippen LogP contribution in [0.3, 0.4) is 0 Å². The highest BCUT2D eigenvalue weighted by molar-refractivity contribution is 7.99. The van der Waals surface area contributed by atoms with E-state index in [2.05, 4.69) is 35.8 Å². The van der Waals surface area contributed by atoms with Gasteiger partial charge in [-0.15, -0.1) is 0 Å². The first-order valence-corrected chi connectivity index (χ1v) is 9.42. The lowest BCUT2D eigenvalue weighted by atomic mass is 9.86. The summed E-state index contributed by atoms with van der Waals surface area (Å²) in [6.45, 7) is 10.1. The van der Waals surface area contributed by atoms with Crippen LogP contribution in [0.4, 0.5) is 0 Å². The second kappa shape index (κ2) is 6.15. The second-order valence-corrected chi connectivity index (χ2v) is 8.55. The van der Waals surface area contributed by atoms with Gasteiger partial charge in [0, 0.05) is 37.0 Å². The molecule has 2 heterocycles. The van der Waals surface area contributed by atoms with Crippen molar-refractivity contribution in [3.8, 4) is 0 Å². The van der Waals surface area contributed by atoms with Crippen LogP contribution in [0.1, 0.15) is 39.5 Å². The number of morpholine rings is 1. The number of ether oxygens (including phenoxy) is 1. The number of hydrogen-bond acceptors (Lipinski definition) is 4. The maximum Gasteiger partial charge on any atom is 0.0594 e. The van der Waals surface area contributed by atoms with Crippen molar-refractivity contribution >= 4 is 11.8 Å². The number of thioether (sulfide) groups is 1. The zero-order chi connectivity index (χ0) is 14.1. The van der Waals surface area contributed by atoms with Crippen LogP contribution in [-0.4, -0.2) is 60.8 Å². The summed E-state index contributed by atoms with van der Waals surface area (Å²) in [5.41, 5.74) is 0.880. The van der Waals surface area contributed by atoms with E-state index in [0.717, 1.165) is 26.3 Å². The number of hydrogen-bond donors (Lipinski definition) is 1. The minimum atomic E-state index is 0.396. The molecule has 3 nitrogen and oxygen atoms in total. The normalized spacial score (nSPS) is 38.4. The summed E-state index contributed by atoms with van der Waals surface area (Å²) in [5.74, 6) is 2.63. The summed E-state index contributed by atoms with van der Waals surface area (Å²) < 4.78 is 5.55. The Morgan fingerprint density at radius 2 is 2.05 bits per heavy atom. The fourth-order valence-electron chi connectivity index (χ4n) is 4.15. The van der Waals surface area contributed by atoms with Crippen LogP contribution in [0, 0.1) is 5.41 Å². The van der Waals surface area contributed by atoms with E-state index in [1.54, 1.807) is 0 Å². The summed E-state index contributed by atoms with van der Waals surface area (Å²) in [6.07, 6.45) is 5.48. The molecule has 20 heavy (non-hydrogen) atoms. The molecule has 2 atom stereocenters. The lowest BCUT2D eigenvalue weighted by Gasteiger charge is -2.44. The third-order valence-corrected chi connectivity index (χ3v) is 6.93. The summed E-state index contributed by atoms with van der Waals surface area (Å²) in [7, 11) is 0. The number of nitrogens with one attached hydrogen (secondary N) is 1. The molecule has 1 N–H and O–H groups in total. The van der Waals surface area contributed by atoms with Crippen molar-refractivity contribution in [1.29, 1.82) is 0 Å². The van der Waals surface area contributed by atoms with E-state index in [4.69, 9.17) is 4.74 Å². The van der Waals surface area contributed by atoms with Crippen molar-refractivity contribution in [2.75, 3.05) is 44.4 Å². The Labute approximate surface area is 128 Å². The van der Waals surface area contributed by atoms with Gasteiger partial charge in [-0.25, -0.2) is 0 Å². The molecule has 4 heteroatoms. The Hall–Kier alpha value is 0.230. The predicted molar refractivity (Wildman–Crippen MR) is 86.5 cm³/mol. The Balaban J connectivity index is 1.62. The lowest BCUT2D eigenvalue weighted by molar-refractivity contribution is -0.0149. The fourth-order valence-corrected chi connectivity index (χ4v) is 5.63. The topological polar surface area (TPSA) is 24.5 Å². The minimum Gasteiger partial charge on any atom is -0.379 e. The van der Waals surface area contributed by atoms with Gasteiger partial charge in [0.05, 0.1) is 13.2 Å². The largest absolute Gasteiger partial charge is 0.379 e. The van der Waals surface area contributed by atoms with Crippen molar-refractivity contribution in [1.82, 2.24) is 10.2 Å². The van der Waals surface area contributed by atoms with Crippen molar-refractivity contribution in [2.24, 2.45) is 5.41 Å². The average Bonchev–Trinajstić information content (AvgIpc) is 3.05. The Morgan fingerprint density at radius 3 is 2.65 bits per heavy atom. The molecule has 0 aromatic heterocycles. The Bertz CT molecular complexity index is 322. The van der Waals surface area contributed by atoms with Gasteiger partial charge in [0.1, 0.15) is 0 Å². The summed E-state index contributed by atoms with van der Waals surface area (Å²) >= 11 is 2.13. The third kappa shape index (κ3) is 3.03. The fraction of sp³-hybridized carbons (Fsp3) is 1.00. The molecule has 0 aromatic carbocycles. The highest BCUT2D eigenvalue weighted by atomic mass is 32.2. The number of rotatable bonds is 4. The van der Waals surface area contributed by atoms with Crippen LogP contribution in [0.5, 0.6) is 0 Å². The summed E-state index contributed by atoms with van der Waals surface area (Å²) in [6, 6.07) is 0.714. The van der Waals surface area contributed by atoms with Crippen LogP contribution in [0.25, 0.3) is 0 Å². The molecule has 0 aromatic rings. The summed E-state index contributed by atoms with van der Waals surface area (Å²) in [4.78, 5) is 2.71. The molecule has 0 bridgehead atoms. The molecule has 0 spiro atoms. The third-order valence-electron chi connectivity index (χ3n) is 5.70. The highest BCUT2D eigenvalue weighted by Crippen LogP contribution is 2.39. The average molecular weight is 298 g/mol. The second-order valence-electron chi connectivity index (χ2n) is 7.44. The molecule has 1 aliphatic carbocycles. The first-order valence-electron chi connectivity index (χ1n) is 8.26. The zero-order valence-corrected chi connectivity index (χ0v) is 13.9. The van der Waals surface area contributed by atoms with Gasteiger partial charge in [-0.3, -0.25) is 4.90 Å².